The van der Waals surface area contributed by atoms with Gasteiger partial charge in [0, 0.05) is 14.2 Å². The molecule has 27 heavy (non-hydrogen) atoms. The van der Waals surface area contributed by atoms with Gasteiger partial charge in [-0.2, -0.15) is 17.9 Å². The number of carbonyl (C=O) groups excluding carboxylic acids is 1. The summed E-state index contributed by atoms with van der Waals surface area (Å²) in [7, 11) is -9.26. The maximum Gasteiger partial charge on any atom is 0.430 e. The Labute approximate surface area is 154 Å². The number of esters is 1. The fourth-order valence-corrected chi connectivity index (χ4v) is 5.40. The van der Waals surface area contributed by atoms with Crippen molar-refractivity contribution >= 4 is 23.6 Å². The Morgan fingerprint density at radius 2 is 1.63 bits per heavy atom. The van der Waals surface area contributed by atoms with Gasteiger partial charge in [0.15, 0.2) is 0 Å². The number of carbonyl (C=O) groups is 1. The molecule has 0 aromatic heterocycles. The molecule has 0 saturated heterocycles. The minimum absolute atomic E-state index is 0.545. The number of benzene rings is 1. The van der Waals surface area contributed by atoms with Crippen molar-refractivity contribution in [1.82, 2.24) is 4.72 Å². The summed E-state index contributed by atoms with van der Waals surface area (Å²) in [4.78, 5) is 11.6. The van der Waals surface area contributed by atoms with E-state index in [2.05, 4.69) is 13.8 Å². The SMILES string of the molecule is CCOC(=O)C(NS(=O)(=O)c1ccc(C)cc1)(C(F)(F)F)P(=O)(OC)OC. The Morgan fingerprint density at radius 3 is 2.00 bits per heavy atom. The molecule has 1 aromatic rings. The van der Waals surface area contributed by atoms with Gasteiger partial charge in [0.1, 0.15) is 0 Å². The summed E-state index contributed by atoms with van der Waals surface area (Å²) in [5, 5.41) is -4.30. The number of alkyl halides is 3. The zero-order valence-electron chi connectivity index (χ0n) is 14.9. The molecule has 0 amide bonds. The molecule has 8 nitrogen and oxygen atoms in total. The Hall–Kier alpha value is -1.46. The minimum Gasteiger partial charge on any atom is -0.464 e. The standard InChI is InChI=1S/C14H19F3NO7PS/c1-5-25-12(19)13(14(15,16)17,26(20,23-3)24-4)18-27(21,22)11-8-6-10(2)7-9-11/h6-9,18H,5H2,1-4H3. The highest BCUT2D eigenvalue weighted by Gasteiger charge is 2.76. The predicted octanol–water partition coefficient (Wildman–Crippen LogP) is 2.58. The third-order valence-corrected chi connectivity index (χ3v) is 7.44. The average Bonchev–Trinajstić information content (AvgIpc) is 2.58. The van der Waals surface area contributed by atoms with Crippen LogP contribution < -0.4 is 4.72 Å². The first-order valence-electron chi connectivity index (χ1n) is 7.37. The van der Waals surface area contributed by atoms with Crippen LogP contribution in [0.15, 0.2) is 29.2 Å². The van der Waals surface area contributed by atoms with Crippen LogP contribution >= 0.6 is 7.60 Å². The van der Waals surface area contributed by atoms with Crippen molar-refractivity contribution in [2.75, 3.05) is 20.8 Å². The van der Waals surface area contributed by atoms with Gasteiger partial charge >= 0.3 is 25.0 Å². The van der Waals surface area contributed by atoms with E-state index >= 15 is 0 Å². The smallest absolute Gasteiger partial charge is 0.430 e. The molecule has 0 bridgehead atoms. The number of ether oxygens (including phenoxy) is 1. The van der Waals surface area contributed by atoms with Crippen molar-refractivity contribution in [3.8, 4) is 0 Å². The van der Waals surface area contributed by atoms with Crippen molar-refractivity contribution in [1.29, 1.82) is 0 Å². The predicted molar refractivity (Wildman–Crippen MR) is 88.5 cm³/mol. The van der Waals surface area contributed by atoms with Crippen LogP contribution in [0.1, 0.15) is 12.5 Å². The summed E-state index contributed by atoms with van der Waals surface area (Å²) in [6, 6.07) is 4.71. The summed E-state index contributed by atoms with van der Waals surface area (Å²) in [6.45, 7) is 2.28. The Kier molecular flexibility index (Phi) is 7.23. The monoisotopic (exact) mass is 433 g/mol. The van der Waals surface area contributed by atoms with E-state index in [9.17, 15) is 30.9 Å². The van der Waals surface area contributed by atoms with E-state index in [4.69, 9.17) is 0 Å². The Morgan fingerprint density at radius 1 is 1.15 bits per heavy atom. The lowest BCUT2D eigenvalue weighted by molar-refractivity contribution is -0.194. The van der Waals surface area contributed by atoms with Gasteiger partial charge in [0.2, 0.25) is 10.0 Å². The molecule has 0 fully saturated rings. The van der Waals surface area contributed by atoms with E-state index < -0.39 is 46.5 Å². The molecule has 154 valence electrons. The quantitative estimate of drug-likeness (QED) is 0.496. The molecule has 0 spiro atoms. The normalized spacial score (nSPS) is 15.2. The van der Waals surface area contributed by atoms with Gasteiger partial charge in [-0.15, -0.1) is 0 Å². The van der Waals surface area contributed by atoms with Crippen molar-refractivity contribution in [3.63, 3.8) is 0 Å². The van der Waals surface area contributed by atoms with Crippen molar-refractivity contribution < 1.29 is 44.7 Å². The Bertz CT molecular complexity index is 818. The van der Waals surface area contributed by atoms with E-state index in [0.717, 1.165) is 12.1 Å². The number of rotatable bonds is 8. The number of nitrogens with one attached hydrogen (secondary N) is 1. The number of aryl methyl sites for hydroxylation is 1. The first-order valence-corrected chi connectivity index (χ1v) is 10.4. The molecule has 1 N–H and O–H groups in total. The zero-order valence-corrected chi connectivity index (χ0v) is 16.6. The highest BCUT2D eigenvalue weighted by molar-refractivity contribution is 7.90. The molecule has 0 heterocycles. The van der Waals surface area contributed by atoms with Crippen LogP contribution in [0, 0.1) is 6.92 Å². The second-order valence-corrected chi connectivity index (χ2v) is 9.29. The van der Waals surface area contributed by atoms with Gasteiger partial charge in [-0.3, -0.25) is 4.57 Å². The lowest BCUT2D eigenvalue weighted by Crippen LogP contribution is -2.64. The van der Waals surface area contributed by atoms with Crippen molar-refractivity contribution in [2.45, 2.75) is 30.2 Å². The summed E-state index contributed by atoms with van der Waals surface area (Å²) in [6.07, 6.45) is -5.72. The first-order chi connectivity index (χ1) is 12.3. The van der Waals surface area contributed by atoms with E-state index in [1.165, 1.54) is 23.8 Å². The molecule has 1 rings (SSSR count). The van der Waals surface area contributed by atoms with Crippen LogP contribution in [0.4, 0.5) is 13.2 Å². The van der Waals surface area contributed by atoms with Crippen LogP contribution in [0.3, 0.4) is 0 Å². The van der Waals surface area contributed by atoms with Crippen LogP contribution in [-0.2, 0) is 33.2 Å². The minimum atomic E-state index is -5.72. The fraction of sp³-hybridized carbons (Fsp3) is 0.500. The number of sulfonamides is 1. The molecule has 0 aliphatic carbocycles. The van der Waals surface area contributed by atoms with Gasteiger partial charge in [-0.1, -0.05) is 17.7 Å². The van der Waals surface area contributed by atoms with E-state index in [0.29, 0.717) is 19.8 Å². The van der Waals surface area contributed by atoms with E-state index in [1.54, 1.807) is 6.92 Å². The lowest BCUT2D eigenvalue weighted by atomic mass is 10.2. The zero-order chi connectivity index (χ0) is 21.1. The van der Waals surface area contributed by atoms with Crippen LogP contribution in [0.25, 0.3) is 0 Å². The number of halogens is 3. The topological polar surface area (TPSA) is 108 Å². The van der Waals surface area contributed by atoms with E-state index in [-0.39, 0.29) is 0 Å². The van der Waals surface area contributed by atoms with Crippen LogP contribution in [0.2, 0.25) is 0 Å². The number of hydrogen-bond acceptors (Lipinski definition) is 7. The second-order valence-electron chi connectivity index (χ2n) is 5.21. The molecular weight excluding hydrogens is 414 g/mol. The molecule has 0 radical (unpaired) electrons. The molecular formula is C14H19F3NO7PS. The molecule has 1 unspecified atom stereocenters. The molecule has 1 atom stereocenters. The van der Waals surface area contributed by atoms with Gasteiger partial charge in [-0.25, -0.2) is 13.2 Å². The number of hydrogen-bond donors (Lipinski definition) is 1. The highest BCUT2D eigenvalue weighted by atomic mass is 32.2. The lowest BCUT2D eigenvalue weighted by Gasteiger charge is -2.36. The molecule has 0 saturated carbocycles. The third-order valence-electron chi connectivity index (χ3n) is 3.49. The molecule has 0 aliphatic rings. The Balaban J connectivity index is 3.74. The highest BCUT2D eigenvalue weighted by Crippen LogP contribution is 2.64. The van der Waals surface area contributed by atoms with Crippen molar-refractivity contribution in [2.24, 2.45) is 0 Å². The largest absolute Gasteiger partial charge is 0.464 e. The van der Waals surface area contributed by atoms with Crippen LogP contribution in [-0.4, -0.2) is 46.7 Å². The van der Waals surface area contributed by atoms with E-state index in [1.807, 2.05) is 0 Å². The summed E-state index contributed by atoms with van der Waals surface area (Å²) in [5.74, 6) is -2.17. The van der Waals surface area contributed by atoms with Gasteiger partial charge in [0.05, 0.1) is 11.5 Å². The second kappa shape index (κ2) is 8.27. The van der Waals surface area contributed by atoms with Gasteiger partial charge in [0.25, 0.3) is 0 Å². The van der Waals surface area contributed by atoms with Gasteiger partial charge < -0.3 is 13.8 Å². The summed E-state index contributed by atoms with van der Waals surface area (Å²) >= 11 is 0. The maximum atomic E-state index is 14.0. The summed E-state index contributed by atoms with van der Waals surface area (Å²) < 4.78 is 93.9. The molecule has 13 heteroatoms. The molecule has 1 aromatic carbocycles. The van der Waals surface area contributed by atoms with Crippen molar-refractivity contribution in [3.05, 3.63) is 29.8 Å². The summed E-state index contributed by atoms with van der Waals surface area (Å²) in [5.41, 5.74) is 0.640. The average molecular weight is 433 g/mol. The van der Waals surface area contributed by atoms with Gasteiger partial charge in [-0.05, 0) is 26.0 Å². The fourth-order valence-electron chi connectivity index (χ4n) is 2.09. The first kappa shape index (κ1) is 23.6. The molecule has 0 aliphatic heterocycles. The van der Waals surface area contributed by atoms with Crippen LogP contribution in [0.5, 0.6) is 0 Å². The maximum absolute atomic E-state index is 14.0. The third kappa shape index (κ3) is 4.35.